The lowest BCUT2D eigenvalue weighted by molar-refractivity contribution is 0.0208. The van der Waals surface area contributed by atoms with Crippen LogP contribution in [0.5, 0.6) is 0 Å². The van der Waals surface area contributed by atoms with Gasteiger partial charge >= 0.3 is 0 Å². The molecule has 0 aromatic heterocycles. The fraction of sp³-hybridized carbons (Fsp3) is 0.647. The van der Waals surface area contributed by atoms with Gasteiger partial charge in [0.05, 0.1) is 25.4 Å². The predicted octanol–water partition coefficient (Wildman–Crippen LogP) is 2.71. The van der Waals surface area contributed by atoms with Crippen molar-refractivity contribution in [1.82, 2.24) is 0 Å². The zero-order chi connectivity index (χ0) is 15.5. The van der Waals surface area contributed by atoms with Crippen LogP contribution in [0, 0.1) is 0 Å². The first kappa shape index (κ1) is 18.1. The van der Waals surface area contributed by atoms with E-state index in [0.29, 0.717) is 26.4 Å². The number of rotatable bonds is 11. The Morgan fingerprint density at radius 1 is 1.05 bits per heavy atom. The molecule has 120 valence electrons. The molecule has 1 aromatic rings. The van der Waals surface area contributed by atoms with Crippen molar-refractivity contribution >= 4 is 0 Å². The number of benzene rings is 1. The second kappa shape index (κ2) is 10.7. The summed E-state index contributed by atoms with van der Waals surface area (Å²) in [6, 6.07) is 8.36. The van der Waals surface area contributed by atoms with E-state index >= 15 is 0 Å². The molecule has 1 rings (SSSR count). The average molecular weight is 295 g/mol. The van der Waals surface area contributed by atoms with Gasteiger partial charge in [-0.05, 0) is 30.9 Å². The zero-order valence-electron chi connectivity index (χ0n) is 13.5. The molecule has 0 saturated heterocycles. The molecule has 2 atom stereocenters. The third kappa shape index (κ3) is 7.05. The van der Waals surface area contributed by atoms with Gasteiger partial charge in [-0.2, -0.15) is 0 Å². The Bertz CT molecular complexity index is 367. The largest absolute Gasteiger partial charge is 0.382 e. The molecule has 0 spiro atoms. The third-order valence-corrected chi connectivity index (χ3v) is 3.52. The lowest BCUT2D eigenvalue weighted by Gasteiger charge is -2.21. The fourth-order valence-corrected chi connectivity index (χ4v) is 2.02. The molecule has 21 heavy (non-hydrogen) atoms. The van der Waals surface area contributed by atoms with E-state index in [9.17, 15) is 0 Å². The van der Waals surface area contributed by atoms with Crippen LogP contribution in [0.4, 0.5) is 0 Å². The molecular weight excluding hydrogens is 266 g/mol. The molecular formula is C17H29NO3. The average Bonchev–Trinajstić information content (AvgIpc) is 2.53. The zero-order valence-corrected chi connectivity index (χ0v) is 13.5. The molecule has 4 heteroatoms. The number of hydrogen-bond acceptors (Lipinski definition) is 4. The van der Waals surface area contributed by atoms with E-state index < -0.39 is 0 Å². The highest BCUT2D eigenvalue weighted by molar-refractivity contribution is 5.25. The van der Waals surface area contributed by atoms with Crippen molar-refractivity contribution in [2.75, 3.05) is 33.5 Å². The summed E-state index contributed by atoms with van der Waals surface area (Å²) in [7, 11) is 1.67. The van der Waals surface area contributed by atoms with Crippen molar-refractivity contribution in [2.24, 2.45) is 5.73 Å². The van der Waals surface area contributed by atoms with Crippen LogP contribution < -0.4 is 5.73 Å². The molecule has 0 saturated carbocycles. The first-order valence-electron chi connectivity index (χ1n) is 7.71. The van der Waals surface area contributed by atoms with Crippen molar-refractivity contribution in [3.8, 4) is 0 Å². The molecule has 4 nitrogen and oxygen atoms in total. The van der Waals surface area contributed by atoms with Gasteiger partial charge < -0.3 is 19.9 Å². The topological polar surface area (TPSA) is 53.7 Å². The van der Waals surface area contributed by atoms with Crippen molar-refractivity contribution < 1.29 is 14.2 Å². The number of hydrogen-bond donors (Lipinski definition) is 1. The van der Waals surface area contributed by atoms with Gasteiger partial charge in [-0.15, -0.1) is 0 Å². The Morgan fingerprint density at radius 2 is 1.76 bits per heavy atom. The summed E-state index contributed by atoms with van der Waals surface area (Å²) >= 11 is 0. The third-order valence-electron chi connectivity index (χ3n) is 3.52. The van der Waals surface area contributed by atoms with Crippen LogP contribution in [0.2, 0.25) is 0 Å². The van der Waals surface area contributed by atoms with Crippen LogP contribution in [-0.4, -0.2) is 39.6 Å². The molecule has 0 aliphatic rings. The van der Waals surface area contributed by atoms with Gasteiger partial charge in [-0.25, -0.2) is 0 Å². The molecule has 1 aromatic carbocycles. The van der Waals surface area contributed by atoms with E-state index in [4.69, 9.17) is 19.9 Å². The summed E-state index contributed by atoms with van der Waals surface area (Å²) in [5, 5.41) is 0. The highest BCUT2D eigenvalue weighted by atomic mass is 16.5. The van der Waals surface area contributed by atoms with Crippen molar-refractivity contribution in [3.05, 3.63) is 35.4 Å². The maximum Gasteiger partial charge on any atom is 0.0739 e. The van der Waals surface area contributed by atoms with E-state index in [2.05, 4.69) is 31.2 Å². The predicted molar refractivity (Wildman–Crippen MR) is 85.5 cm³/mol. The van der Waals surface area contributed by atoms with Gasteiger partial charge in [-0.1, -0.05) is 31.2 Å². The second-order valence-electron chi connectivity index (χ2n) is 5.16. The molecule has 2 N–H and O–H groups in total. The Hall–Kier alpha value is -0.940. The number of ether oxygens (including phenoxy) is 3. The quantitative estimate of drug-likeness (QED) is 0.638. The van der Waals surface area contributed by atoms with E-state index in [0.717, 1.165) is 18.4 Å². The van der Waals surface area contributed by atoms with Gasteiger partial charge in [0.1, 0.15) is 0 Å². The molecule has 0 aliphatic heterocycles. The monoisotopic (exact) mass is 295 g/mol. The standard InChI is InChI=1S/C17H29NO3/c1-4-15-6-8-16(9-7-15)17(18)14(2)21-11-5-10-20-13-12-19-3/h6-9,14,17H,4-5,10-13,18H2,1-3H3. The normalized spacial score (nSPS) is 14.1. The minimum Gasteiger partial charge on any atom is -0.382 e. The first-order chi connectivity index (χ1) is 10.2. The summed E-state index contributed by atoms with van der Waals surface area (Å²) in [5.74, 6) is 0. The first-order valence-corrected chi connectivity index (χ1v) is 7.71. The number of methoxy groups -OCH3 is 1. The van der Waals surface area contributed by atoms with Crippen LogP contribution >= 0.6 is 0 Å². The Balaban J connectivity index is 2.22. The van der Waals surface area contributed by atoms with Crippen LogP contribution in [0.1, 0.15) is 37.4 Å². The smallest absolute Gasteiger partial charge is 0.0739 e. The lowest BCUT2D eigenvalue weighted by Crippen LogP contribution is -2.27. The van der Waals surface area contributed by atoms with Crippen LogP contribution in [0.15, 0.2) is 24.3 Å². The molecule has 2 unspecified atom stereocenters. The fourth-order valence-electron chi connectivity index (χ4n) is 2.02. The summed E-state index contributed by atoms with van der Waals surface area (Å²) in [5.41, 5.74) is 8.69. The second-order valence-corrected chi connectivity index (χ2v) is 5.16. The molecule has 0 bridgehead atoms. The van der Waals surface area contributed by atoms with Crippen LogP contribution in [0.25, 0.3) is 0 Å². The van der Waals surface area contributed by atoms with Gasteiger partial charge in [0.25, 0.3) is 0 Å². The van der Waals surface area contributed by atoms with E-state index in [1.807, 2.05) is 6.92 Å². The highest BCUT2D eigenvalue weighted by Crippen LogP contribution is 2.17. The SMILES string of the molecule is CCc1ccc(C(N)C(C)OCCCOCCOC)cc1. The van der Waals surface area contributed by atoms with Gasteiger partial charge in [-0.3, -0.25) is 0 Å². The molecule has 0 amide bonds. The van der Waals surface area contributed by atoms with Crippen molar-refractivity contribution in [1.29, 1.82) is 0 Å². The maximum absolute atomic E-state index is 6.24. The van der Waals surface area contributed by atoms with Crippen LogP contribution in [0.3, 0.4) is 0 Å². The summed E-state index contributed by atoms with van der Waals surface area (Å²) < 4.78 is 16.1. The molecule has 0 aliphatic carbocycles. The van der Waals surface area contributed by atoms with Crippen molar-refractivity contribution in [2.45, 2.75) is 38.8 Å². The highest BCUT2D eigenvalue weighted by Gasteiger charge is 2.15. The van der Waals surface area contributed by atoms with Crippen molar-refractivity contribution in [3.63, 3.8) is 0 Å². The van der Waals surface area contributed by atoms with E-state index in [1.165, 1.54) is 5.56 Å². The summed E-state index contributed by atoms with van der Waals surface area (Å²) in [6.07, 6.45) is 1.91. The minimum absolute atomic E-state index is 0.00329. The minimum atomic E-state index is -0.0923. The van der Waals surface area contributed by atoms with Gasteiger partial charge in [0.15, 0.2) is 0 Å². The Kier molecular flexibility index (Phi) is 9.26. The molecule has 0 fully saturated rings. The van der Waals surface area contributed by atoms with Gasteiger partial charge in [0, 0.05) is 20.3 Å². The summed E-state index contributed by atoms with van der Waals surface area (Å²) in [4.78, 5) is 0. The number of nitrogens with two attached hydrogens (primary N) is 1. The maximum atomic E-state index is 6.24. The Morgan fingerprint density at radius 3 is 2.38 bits per heavy atom. The molecule has 0 radical (unpaired) electrons. The number of aryl methyl sites for hydroxylation is 1. The Labute approximate surface area is 128 Å². The van der Waals surface area contributed by atoms with E-state index in [1.54, 1.807) is 7.11 Å². The lowest BCUT2D eigenvalue weighted by atomic mass is 10.0. The molecule has 0 heterocycles. The summed E-state index contributed by atoms with van der Waals surface area (Å²) in [6.45, 7) is 6.79. The van der Waals surface area contributed by atoms with Gasteiger partial charge in [0.2, 0.25) is 0 Å². The van der Waals surface area contributed by atoms with E-state index in [-0.39, 0.29) is 12.1 Å². The van der Waals surface area contributed by atoms with Crippen LogP contribution in [-0.2, 0) is 20.6 Å².